The fraction of sp³-hybridized carbons (Fsp3) is 0.750. The predicted octanol–water partition coefficient (Wildman–Crippen LogP) is 0.0520. The Morgan fingerprint density at radius 2 is 2.06 bits per heavy atom. The quantitative estimate of drug-likeness (QED) is 0.567. The minimum Gasteiger partial charge on any atom is -0.465 e. The third kappa shape index (κ3) is 2.69. The zero-order valence-electron chi connectivity index (χ0n) is 11.3. The zero-order chi connectivity index (χ0) is 14.1. The number of carbonyl (C=O) groups excluding carboxylic acids is 3. The molecular weight excluding hydrogens is 236 g/mol. The molecule has 1 rings (SSSR count). The Balaban J connectivity index is 2.82. The van der Waals surface area contributed by atoms with Gasteiger partial charge in [-0.3, -0.25) is 14.5 Å². The predicted molar refractivity (Wildman–Crippen MR) is 64.3 cm³/mol. The Bertz CT molecular complexity index is 388. The zero-order valence-corrected chi connectivity index (χ0v) is 11.3. The van der Waals surface area contributed by atoms with Crippen LogP contribution in [-0.4, -0.2) is 41.4 Å². The van der Waals surface area contributed by atoms with E-state index < -0.39 is 16.9 Å². The highest BCUT2D eigenvalue weighted by molar-refractivity contribution is 6.06. The number of rotatable bonds is 4. The van der Waals surface area contributed by atoms with Crippen molar-refractivity contribution in [3.63, 3.8) is 0 Å². The Kier molecular flexibility index (Phi) is 3.81. The molecule has 0 bridgehead atoms. The van der Waals surface area contributed by atoms with Crippen molar-refractivity contribution < 1.29 is 19.1 Å². The van der Waals surface area contributed by atoms with Crippen molar-refractivity contribution in [2.24, 2.45) is 11.1 Å². The lowest BCUT2D eigenvalue weighted by molar-refractivity contribution is -0.151. The van der Waals surface area contributed by atoms with E-state index >= 15 is 0 Å². The number of nitrogens with two attached hydrogens (primary N) is 1. The first-order chi connectivity index (χ1) is 8.12. The number of amides is 2. The van der Waals surface area contributed by atoms with Gasteiger partial charge in [0, 0.05) is 6.42 Å². The molecule has 0 aromatic heterocycles. The van der Waals surface area contributed by atoms with E-state index in [4.69, 9.17) is 10.5 Å². The number of carbonyl (C=O) groups is 3. The average molecular weight is 256 g/mol. The number of nitrogens with zero attached hydrogens (tertiary/aromatic N) is 1. The molecule has 1 aliphatic rings. The highest BCUT2D eigenvalue weighted by Crippen LogP contribution is 2.32. The Morgan fingerprint density at radius 1 is 1.50 bits per heavy atom. The molecule has 18 heavy (non-hydrogen) atoms. The topological polar surface area (TPSA) is 89.7 Å². The van der Waals surface area contributed by atoms with E-state index in [1.807, 2.05) is 0 Å². The number of esters is 1. The smallest absolute Gasteiger partial charge is 0.327 e. The van der Waals surface area contributed by atoms with E-state index in [0.717, 1.165) is 4.90 Å². The first-order valence-corrected chi connectivity index (χ1v) is 5.93. The van der Waals surface area contributed by atoms with E-state index in [0.29, 0.717) is 0 Å². The van der Waals surface area contributed by atoms with E-state index in [9.17, 15) is 14.4 Å². The second-order valence-corrected chi connectivity index (χ2v) is 5.48. The van der Waals surface area contributed by atoms with Gasteiger partial charge in [-0.2, -0.15) is 0 Å². The first-order valence-electron chi connectivity index (χ1n) is 5.93. The molecule has 0 saturated carbocycles. The van der Waals surface area contributed by atoms with Gasteiger partial charge in [-0.1, -0.05) is 13.8 Å². The first kappa shape index (κ1) is 14.6. The summed E-state index contributed by atoms with van der Waals surface area (Å²) < 4.78 is 4.83. The molecule has 1 fully saturated rings. The molecule has 1 unspecified atom stereocenters. The van der Waals surface area contributed by atoms with E-state index in [2.05, 4.69) is 0 Å². The van der Waals surface area contributed by atoms with E-state index in [-0.39, 0.29) is 31.4 Å². The molecule has 0 aliphatic carbocycles. The molecule has 1 heterocycles. The van der Waals surface area contributed by atoms with Gasteiger partial charge in [0.25, 0.3) is 0 Å². The number of imide groups is 1. The minimum absolute atomic E-state index is 0.144. The molecule has 0 spiro atoms. The molecular formula is C12H20N2O4. The molecule has 0 aromatic rings. The van der Waals surface area contributed by atoms with Crippen molar-refractivity contribution in [1.82, 2.24) is 4.90 Å². The molecule has 2 N–H and O–H groups in total. The Hall–Kier alpha value is -1.43. The molecule has 6 nitrogen and oxygen atoms in total. The summed E-state index contributed by atoms with van der Waals surface area (Å²) in [5.74, 6) is -1.21. The van der Waals surface area contributed by atoms with Crippen molar-refractivity contribution in [3.05, 3.63) is 0 Å². The third-order valence-corrected chi connectivity index (χ3v) is 2.95. The summed E-state index contributed by atoms with van der Waals surface area (Å²) in [7, 11) is 0. The largest absolute Gasteiger partial charge is 0.465 e. The third-order valence-electron chi connectivity index (χ3n) is 2.95. The van der Waals surface area contributed by atoms with Crippen LogP contribution >= 0.6 is 0 Å². The highest BCUT2D eigenvalue weighted by atomic mass is 16.5. The van der Waals surface area contributed by atoms with Gasteiger partial charge in [-0.15, -0.1) is 0 Å². The van der Waals surface area contributed by atoms with Gasteiger partial charge in [0.1, 0.15) is 5.54 Å². The van der Waals surface area contributed by atoms with Crippen LogP contribution in [0.25, 0.3) is 0 Å². The summed E-state index contributed by atoms with van der Waals surface area (Å²) >= 11 is 0. The van der Waals surface area contributed by atoms with Crippen molar-refractivity contribution >= 4 is 17.8 Å². The van der Waals surface area contributed by atoms with Crippen LogP contribution in [0.4, 0.5) is 0 Å². The summed E-state index contributed by atoms with van der Waals surface area (Å²) in [6, 6.07) is 0. The highest BCUT2D eigenvalue weighted by Gasteiger charge is 2.47. The standard InChI is InChI=1S/C12H20N2O4/c1-5-18-10(17)12(4,13)7-14-8(15)6-11(2,3)9(14)16/h5-7,13H2,1-4H3. The van der Waals surface area contributed by atoms with Crippen LogP contribution < -0.4 is 5.73 Å². The number of hydrogen-bond acceptors (Lipinski definition) is 5. The van der Waals surface area contributed by atoms with Crippen LogP contribution in [-0.2, 0) is 19.1 Å². The van der Waals surface area contributed by atoms with E-state index in [1.165, 1.54) is 6.92 Å². The van der Waals surface area contributed by atoms with Gasteiger partial charge in [-0.05, 0) is 13.8 Å². The maximum absolute atomic E-state index is 12.0. The maximum Gasteiger partial charge on any atom is 0.327 e. The van der Waals surface area contributed by atoms with Crippen molar-refractivity contribution in [3.8, 4) is 0 Å². The number of hydrogen-bond donors (Lipinski definition) is 1. The van der Waals surface area contributed by atoms with Gasteiger partial charge in [0.15, 0.2) is 0 Å². The normalized spacial score (nSPS) is 21.9. The van der Waals surface area contributed by atoms with E-state index in [1.54, 1.807) is 20.8 Å². The SMILES string of the molecule is CCOC(=O)C(C)(N)CN1C(=O)CC(C)(C)C1=O. The Morgan fingerprint density at radius 3 is 2.44 bits per heavy atom. The number of likely N-dealkylation sites (tertiary alicyclic amines) is 1. The van der Waals surface area contributed by atoms with Gasteiger partial charge in [-0.25, -0.2) is 4.79 Å². The van der Waals surface area contributed by atoms with Crippen molar-refractivity contribution in [2.75, 3.05) is 13.2 Å². The second kappa shape index (κ2) is 4.68. The van der Waals surface area contributed by atoms with Crippen LogP contribution in [0.3, 0.4) is 0 Å². The molecule has 0 aromatic carbocycles. The van der Waals surface area contributed by atoms with Crippen LogP contribution in [0.15, 0.2) is 0 Å². The van der Waals surface area contributed by atoms with Gasteiger partial charge < -0.3 is 10.5 Å². The molecule has 0 radical (unpaired) electrons. The molecule has 1 aliphatic heterocycles. The fourth-order valence-electron chi connectivity index (χ4n) is 1.88. The maximum atomic E-state index is 12.0. The van der Waals surface area contributed by atoms with Crippen LogP contribution in [0.1, 0.15) is 34.1 Å². The fourth-order valence-corrected chi connectivity index (χ4v) is 1.88. The van der Waals surface area contributed by atoms with Gasteiger partial charge in [0.05, 0.1) is 18.6 Å². The lowest BCUT2D eigenvalue weighted by Crippen LogP contribution is -2.56. The van der Waals surface area contributed by atoms with Crippen molar-refractivity contribution in [2.45, 2.75) is 39.7 Å². The van der Waals surface area contributed by atoms with Gasteiger partial charge in [0.2, 0.25) is 11.8 Å². The second-order valence-electron chi connectivity index (χ2n) is 5.48. The van der Waals surface area contributed by atoms with Crippen molar-refractivity contribution in [1.29, 1.82) is 0 Å². The summed E-state index contributed by atoms with van der Waals surface area (Å²) in [5, 5.41) is 0. The van der Waals surface area contributed by atoms with Gasteiger partial charge >= 0.3 is 5.97 Å². The molecule has 2 amide bonds. The summed E-state index contributed by atoms with van der Waals surface area (Å²) in [5.41, 5.74) is 3.72. The lowest BCUT2D eigenvalue weighted by atomic mass is 9.92. The minimum atomic E-state index is -1.37. The lowest BCUT2D eigenvalue weighted by Gasteiger charge is -2.27. The summed E-state index contributed by atoms with van der Waals surface area (Å²) in [6.07, 6.45) is 0.144. The summed E-state index contributed by atoms with van der Waals surface area (Å²) in [6.45, 7) is 6.59. The molecule has 6 heteroatoms. The number of ether oxygens (including phenoxy) is 1. The monoisotopic (exact) mass is 256 g/mol. The molecule has 1 atom stereocenters. The Labute approximate surface area is 106 Å². The average Bonchev–Trinajstić information content (AvgIpc) is 2.41. The summed E-state index contributed by atoms with van der Waals surface area (Å²) in [4.78, 5) is 36.4. The molecule has 1 saturated heterocycles. The van der Waals surface area contributed by atoms with Crippen LogP contribution in [0.5, 0.6) is 0 Å². The van der Waals surface area contributed by atoms with Crippen LogP contribution in [0.2, 0.25) is 0 Å². The molecule has 102 valence electrons. The van der Waals surface area contributed by atoms with Crippen LogP contribution in [0, 0.1) is 5.41 Å².